The summed E-state index contributed by atoms with van der Waals surface area (Å²) in [6.07, 6.45) is 0.731. The van der Waals surface area contributed by atoms with Gasteiger partial charge in [0.2, 0.25) is 5.69 Å². The van der Waals surface area contributed by atoms with Crippen LogP contribution in [0.3, 0.4) is 0 Å². The maximum atomic E-state index is 9.77. The van der Waals surface area contributed by atoms with Gasteiger partial charge in [-0.1, -0.05) is 19.1 Å². The second kappa shape index (κ2) is 8.73. The first-order chi connectivity index (χ1) is 14.2. The Morgan fingerprint density at radius 2 is 1.90 bits per heavy atom. The van der Waals surface area contributed by atoms with E-state index in [9.17, 15) is 10.5 Å². The van der Waals surface area contributed by atoms with Gasteiger partial charge in [0.05, 0.1) is 46.3 Å². The van der Waals surface area contributed by atoms with Gasteiger partial charge in [-0.2, -0.15) is 10.5 Å². The number of fused-ring (bicyclic) bond motifs is 1. The Morgan fingerprint density at radius 3 is 2.53 bits per heavy atom. The van der Waals surface area contributed by atoms with Crippen LogP contribution >= 0.6 is 0 Å². The molecule has 0 bridgehead atoms. The summed E-state index contributed by atoms with van der Waals surface area (Å²) in [5, 5.41) is 19.2. The van der Waals surface area contributed by atoms with Crippen molar-refractivity contribution in [1.29, 1.82) is 10.5 Å². The molecular formula is C24H14IrN5-. The SMILES string of the molecule is [C-]#[N+]c1cc2c(cc1C#N)nc(-c1[c-]cccc1)n2-c1c(C#N)cccc1CC.[Ir]. The Labute approximate surface area is 188 Å². The minimum absolute atomic E-state index is 0. The predicted molar refractivity (Wildman–Crippen MR) is 110 cm³/mol. The Morgan fingerprint density at radius 1 is 1.10 bits per heavy atom. The van der Waals surface area contributed by atoms with E-state index in [1.807, 2.05) is 41.8 Å². The van der Waals surface area contributed by atoms with E-state index in [0.29, 0.717) is 22.4 Å². The zero-order chi connectivity index (χ0) is 20.4. The molecule has 0 saturated heterocycles. The van der Waals surface area contributed by atoms with Gasteiger partial charge >= 0.3 is 0 Å². The molecule has 1 radical (unpaired) electrons. The Hall–Kier alpha value is -3.75. The summed E-state index contributed by atoms with van der Waals surface area (Å²) in [6, 6.07) is 24.0. The van der Waals surface area contributed by atoms with Crippen LogP contribution in [0.5, 0.6) is 0 Å². The molecule has 4 rings (SSSR count). The predicted octanol–water partition coefficient (Wildman–Crippen LogP) is 5.35. The molecule has 1 aromatic heterocycles. The molecule has 145 valence electrons. The van der Waals surface area contributed by atoms with E-state index in [1.165, 1.54) is 0 Å². The second-order valence-corrected chi connectivity index (χ2v) is 6.41. The number of hydrogen-bond acceptors (Lipinski definition) is 3. The van der Waals surface area contributed by atoms with Crippen molar-refractivity contribution in [2.45, 2.75) is 13.3 Å². The average molecular weight is 565 g/mol. The fourth-order valence-corrected chi connectivity index (χ4v) is 3.47. The molecule has 30 heavy (non-hydrogen) atoms. The summed E-state index contributed by atoms with van der Waals surface area (Å²) < 4.78 is 1.91. The molecule has 3 aromatic carbocycles. The third-order valence-electron chi connectivity index (χ3n) is 4.81. The smallest absolute Gasteiger partial charge is 0.206 e. The van der Waals surface area contributed by atoms with Crippen LogP contribution in [0.4, 0.5) is 5.69 Å². The molecule has 0 aliphatic carbocycles. The number of rotatable bonds is 3. The van der Waals surface area contributed by atoms with Gasteiger partial charge in [0.1, 0.15) is 6.07 Å². The molecule has 0 N–H and O–H groups in total. The first-order valence-electron chi connectivity index (χ1n) is 9.05. The maximum Gasteiger partial charge on any atom is 0.206 e. The van der Waals surface area contributed by atoms with Gasteiger partial charge in [0.25, 0.3) is 0 Å². The van der Waals surface area contributed by atoms with Crippen molar-refractivity contribution in [3.63, 3.8) is 0 Å². The van der Waals surface area contributed by atoms with E-state index in [4.69, 9.17) is 11.6 Å². The van der Waals surface area contributed by atoms with Gasteiger partial charge < -0.3 is 4.57 Å². The van der Waals surface area contributed by atoms with Crippen molar-refractivity contribution in [2.75, 3.05) is 0 Å². The molecule has 0 amide bonds. The number of para-hydroxylation sites is 1. The molecule has 1 heterocycles. The Balaban J connectivity index is 0.00000256. The Bertz CT molecular complexity index is 1370. The topological polar surface area (TPSA) is 69.8 Å². The summed E-state index contributed by atoms with van der Waals surface area (Å²) in [5.74, 6) is 0.615. The Kier molecular flexibility index (Phi) is 6.10. The third-order valence-corrected chi connectivity index (χ3v) is 4.81. The maximum absolute atomic E-state index is 9.77. The van der Waals surface area contributed by atoms with Gasteiger partial charge in [-0.15, -0.1) is 35.9 Å². The monoisotopic (exact) mass is 565 g/mol. The minimum atomic E-state index is 0. The number of nitriles is 2. The van der Waals surface area contributed by atoms with Gasteiger partial charge in [-0.05, 0) is 30.2 Å². The summed E-state index contributed by atoms with van der Waals surface area (Å²) >= 11 is 0. The fourth-order valence-electron chi connectivity index (χ4n) is 3.47. The number of aromatic nitrogens is 2. The minimum Gasteiger partial charge on any atom is -0.333 e. The van der Waals surface area contributed by atoms with E-state index in [1.54, 1.807) is 24.3 Å². The second-order valence-electron chi connectivity index (χ2n) is 6.41. The molecule has 4 aromatic rings. The van der Waals surface area contributed by atoms with Crippen LogP contribution in [-0.4, -0.2) is 9.55 Å². The third kappa shape index (κ3) is 3.38. The van der Waals surface area contributed by atoms with E-state index in [0.717, 1.165) is 23.2 Å². The number of imidazole rings is 1. The standard InChI is InChI=1S/C24H14N5.Ir/c1-3-16-10-7-11-18(14-25)23(16)29-22-13-20(27-2)19(15-26)12-21(22)28-24(29)17-8-5-4-6-9-17;/h4-8,10-13H,3H2,1H3;/q-1;. The molecule has 0 atom stereocenters. The molecule has 0 fully saturated rings. The van der Waals surface area contributed by atoms with Crippen LogP contribution in [0.2, 0.25) is 0 Å². The molecule has 0 unspecified atom stereocenters. The molecule has 0 saturated carbocycles. The van der Waals surface area contributed by atoms with Crippen LogP contribution in [0.25, 0.3) is 33.0 Å². The van der Waals surface area contributed by atoms with Gasteiger partial charge in [0.15, 0.2) is 0 Å². The van der Waals surface area contributed by atoms with Crippen LogP contribution in [0, 0.1) is 35.3 Å². The van der Waals surface area contributed by atoms with Crippen molar-refractivity contribution in [2.24, 2.45) is 0 Å². The number of aryl methyl sites for hydroxylation is 1. The first kappa shape index (κ1) is 21.0. The number of hydrogen-bond donors (Lipinski definition) is 0. The molecule has 0 spiro atoms. The fraction of sp³-hybridized carbons (Fsp3) is 0.0833. The van der Waals surface area contributed by atoms with Crippen molar-refractivity contribution in [1.82, 2.24) is 9.55 Å². The molecular weight excluding hydrogens is 551 g/mol. The van der Waals surface area contributed by atoms with Crippen LogP contribution in [0.1, 0.15) is 23.6 Å². The number of nitrogens with zero attached hydrogens (tertiary/aromatic N) is 5. The first-order valence-corrected chi connectivity index (χ1v) is 9.05. The van der Waals surface area contributed by atoms with E-state index >= 15 is 0 Å². The van der Waals surface area contributed by atoms with Crippen molar-refractivity contribution in [3.05, 3.63) is 88.8 Å². The largest absolute Gasteiger partial charge is 0.333 e. The van der Waals surface area contributed by atoms with Gasteiger partial charge in [0, 0.05) is 20.1 Å². The van der Waals surface area contributed by atoms with Crippen molar-refractivity contribution in [3.8, 4) is 29.2 Å². The van der Waals surface area contributed by atoms with Gasteiger partial charge in [-0.25, -0.2) is 4.85 Å². The van der Waals surface area contributed by atoms with E-state index < -0.39 is 0 Å². The van der Waals surface area contributed by atoms with Crippen LogP contribution < -0.4 is 0 Å². The van der Waals surface area contributed by atoms with E-state index in [2.05, 4.69) is 23.0 Å². The summed E-state index contributed by atoms with van der Waals surface area (Å²) in [7, 11) is 0. The average Bonchev–Trinajstić information content (AvgIpc) is 3.15. The van der Waals surface area contributed by atoms with Crippen molar-refractivity contribution >= 4 is 16.7 Å². The zero-order valence-electron chi connectivity index (χ0n) is 16.0. The molecule has 6 heteroatoms. The van der Waals surface area contributed by atoms with Gasteiger partial charge in [-0.3, -0.25) is 4.98 Å². The van der Waals surface area contributed by atoms with Crippen molar-refractivity contribution < 1.29 is 20.1 Å². The molecule has 0 aliphatic heterocycles. The summed E-state index contributed by atoms with van der Waals surface area (Å²) in [6.45, 7) is 9.49. The number of benzene rings is 3. The normalized spacial score (nSPS) is 9.93. The molecule has 5 nitrogen and oxygen atoms in total. The van der Waals surface area contributed by atoms with Crippen LogP contribution in [-0.2, 0) is 26.5 Å². The molecule has 0 aliphatic rings. The van der Waals surface area contributed by atoms with E-state index in [-0.39, 0.29) is 31.4 Å². The zero-order valence-corrected chi connectivity index (χ0v) is 18.4. The summed E-state index contributed by atoms with van der Waals surface area (Å²) in [4.78, 5) is 8.27. The summed E-state index contributed by atoms with van der Waals surface area (Å²) in [5.41, 5.74) is 4.84. The van der Waals surface area contributed by atoms with Crippen LogP contribution in [0.15, 0.2) is 54.6 Å². The quantitative estimate of drug-likeness (QED) is 0.315.